The number of nitrogens with one attached hydrogen (secondary N) is 2. The molecule has 0 aliphatic heterocycles. The van der Waals surface area contributed by atoms with E-state index in [4.69, 9.17) is 0 Å². The highest BCUT2D eigenvalue weighted by atomic mass is 19.4. The van der Waals surface area contributed by atoms with Crippen LogP contribution in [0.25, 0.3) is 16.9 Å². The lowest BCUT2D eigenvalue weighted by atomic mass is 10.1. The molecule has 0 aliphatic rings. The molecule has 0 fully saturated rings. The number of carbonyl (C=O) groups excluding carboxylic acids is 1. The third-order valence-corrected chi connectivity index (χ3v) is 4.68. The number of H-pyrrole nitrogens is 1. The van der Waals surface area contributed by atoms with E-state index < -0.39 is 41.2 Å². The van der Waals surface area contributed by atoms with Gasteiger partial charge in [0.1, 0.15) is 17.1 Å². The molecule has 2 N–H and O–H groups in total. The minimum atomic E-state index is -6.32. The Morgan fingerprint density at radius 2 is 1.76 bits per heavy atom. The first kappa shape index (κ1) is 25.1. The molecule has 0 spiro atoms. The van der Waals surface area contributed by atoms with E-state index in [0.29, 0.717) is 4.68 Å². The third-order valence-electron chi connectivity index (χ3n) is 4.68. The van der Waals surface area contributed by atoms with Gasteiger partial charge in [0.2, 0.25) is 5.91 Å². The van der Waals surface area contributed by atoms with Crippen LogP contribution in [-0.2, 0) is 23.4 Å². The minimum absolute atomic E-state index is 0.0369. The highest BCUT2D eigenvalue weighted by Crippen LogP contribution is 2.48. The summed E-state index contributed by atoms with van der Waals surface area (Å²) in [6.45, 7) is 1.39. The predicted molar refractivity (Wildman–Crippen MR) is 98.2 cm³/mol. The van der Waals surface area contributed by atoms with Crippen molar-refractivity contribution in [2.24, 2.45) is 0 Å². The normalized spacial score (nSPS) is 12.8. The summed E-state index contributed by atoms with van der Waals surface area (Å²) in [4.78, 5) is 11.4. The van der Waals surface area contributed by atoms with E-state index >= 15 is 0 Å². The number of carbonyl (C=O) groups is 1. The molecule has 1 aromatic carbocycles. The Hall–Kier alpha value is -3.52. The molecular weight excluding hydrogens is 485 g/mol. The summed E-state index contributed by atoms with van der Waals surface area (Å²) in [6, 6.07) is 3.53. The van der Waals surface area contributed by atoms with Crippen LogP contribution in [0.15, 0.2) is 30.6 Å². The molecular formula is C19H14F9N5O. The molecule has 15 heteroatoms. The van der Waals surface area contributed by atoms with Crippen LogP contribution in [0.3, 0.4) is 0 Å². The summed E-state index contributed by atoms with van der Waals surface area (Å²) in [5, 5.41) is 10.2. The Balaban J connectivity index is 2.03. The van der Waals surface area contributed by atoms with Crippen LogP contribution in [0, 0.1) is 5.82 Å². The van der Waals surface area contributed by atoms with Crippen LogP contribution >= 0.6 is 0 Å². The molecule has 6 nitrogen and oxygen atoms in total. The molecule has 184 valence electrons. The highest BCUT2D eigenvalue weighted by Gasteiger charge is 2.63. The van der Waals surface area contributed by atoms with Crippen LogP contribution in [0.2, 0.25) is 0 Å². The van der Waals surface area contributed by atoms with Gasteiger partial charge in [0.15, 0.2) is 5.82 Å². The number of aromatic amines is 1. The molecule has 0 saturated heterocycles. The van der Waals surface area contributed by atoms with Gasteiger partial charge in [-0.25, -0.2) is 9.07 Å². The Morgan fingerprint density at radius 3 is 2.35 bits per heavy atom. The summed E-state index contributed by atoms with van der Waals surface area (Å²) < 4.78 is 120. The summed E-state index contributed by atoms with van der Waals surface area (Å²) in [5.74, 6) is -8.25. The van der Waals surface area contributed by atoms with Crippen LogP contribution in [-0.4, -0.2) is 32.1 Å². The number of nitrogens with zero attached hydrogens (tertiary/aromatic N) is 3. The van der Waals surface area contributed by atoms with Crippen molar-refractivity contribution >= 4 is 5.91 Å². The van der Waals surface area contributed by atoms with Crippen molar-refractivity contribution in [3.63, 3.8) is 0 Å². The van der Waals surface area contributed by atoms with Gasteiger partial charge in [0.05, 0.1) is 6.20 Å². The first-order chi connectivity index (χ1) is 15.7. The SMILES string of the molecule is CCC(=O)NCc1cc(-c2cnn(-c3n[nH]c(C(F)(F)C(F)(F)F)c3C(F)(F)F)c2)ccc1F. The van der Waals surface area contributed by atoms with Gasteiger partial charge in [0.25, 0.3) is 0 Å². The van der Waals surface area contributed by atoms with Crippen LogP contribution in [0.1, 0.15) is 30.2 Å². The first-order valence-electron chi connectivity index (χ1n) is 9.38. The number of alkyl halides is 8. The Kier molecular flexibility index (Phi) is 6.41. The molecule has 0 bridgehead atoms. The van der Waals surface area contributed by atoms with Crippen LogP contribution < -0.4 is 5.32 Å². The number of benzene rings is 1. The van der Waals surface area contributed by atoms with Crippen molar-refractivity contribution in [1.82, 2.24) is 25.3 Å². The number of aromatic nitrogens is 4. The lowest BCUT2D eigenvalue weighted by Gasteiger charge is -2.20. The molecule has 0 atom stereocenters. The second-order valence-corrected chi connectivity index (χ2v) is 6.98. The Bertz CT molecular complexity index is 1190. The summed E-state index contributed by atoms with van der Waals surface area (Å²) in [6.07, 6.45) is -9.93. The number of halogens is 9. The van der Waals surface area contributed by atoms with Crippen LogP contribution in [0.4, 0.5) is 39.5 Å². The third kappa shape index (κ3) is 4.72. The average molecular weight is 499 g/mol. The zero-order chi connectivity index (χ0) is 25.5. The largest absolute Gasteiger partial charge is 0.459 e. The molecule has 0 radical (unpaired) electrons. The smallest absolute Gasteiger partial charge is 0.352 e. The average Bonchev–Trinajstić information content (AvgIpc) is 3.39. The van der Waals surface area contributed by atoms with E-state index in [1.165, 1.54) is 12.1 Å². The molecule has 0 saturated carbocycles. The zero-order valence-corrected chi connectivity index (χ0v) is 17.0. The molecule has 0 aliphatic carbocycles. The molecule has 0 unspecified atom stereocenters. The molecule has 1 amide bonds. The van der Waals surface area contributed by atoms with E-state index in [-0.39, 0.29) is 35.6 Å². The fourth-order valence-electron chi connectivity index (χ4n) is 2.93. The lowest BCUT2D eigenvalue weighted by Crippen LogP contribution is -2.36. The number of rotatable bonds is 6. The topological polar surface area (TPSA) is 75.6 Å². The molecule has 34 heavy (non-hydrogen) atoms. The van der Waals surface area contributed by atoms with Crippen molar-refractivity contribution in [3.05, 3.63) is 53.2 Å². The van der Waals surface area contributed by atoms with Gasteiger partial charge >= 0.3 is 18.3 Å². The standard InChI is InChI=1S/C19H14F9N5O/c1-2-13(34)29-6-10-5-9(3-4-12(10)20)11-7-30-33(8-11)16-14(18(23,24)25)15(31-32-16)17(21,22)19(26,27)28/h3-5,7-8H,2,6H2,1H3,(H,29,34)(H,31,32). The molecule has 3 rings (SSSR count). The van der Waals surface area contributed by atoms with Crippen molar-refractivity contribution in [3.8, 4) is 16.9 Å². The van der Waals surface area contributed by atoms with Gasteiger partial charge in [-0.3, -0.25) is 9.89 Å². The van der Waals surface area contributed by atoms with Gasteiger partial charge in [-0.15, -0.1) is 0 Å². The highest BCUT2D eigenvalue weighted by molar-refractivity contribution is 5.75. The second kappa shape index (κ2) is 8.68. The minimum Gasteiger partial charge on any atom is -0.352 e. The van der Waals surface area contributed by atoms with Gasteiger partial charge in [-0.1, -0.05) is 13.0 Å². The Morgan fingerprint density at radius 1 is 1.09 bits per heavy atom. The van der Waals surface area contributed by atoms with Crippen molar-refractivity contribution in [2.75, 3.05) is 0 Å². The predicted octanol–water partition coefficient (Wildman–Crippen LogP) is 5.10. The summed E-state index contributed by atoms with van der Waals surface area (Å²) >= 11 is 0. The lowest BCUT2D eigenvalue weighted by molar-refractivity contribution is -0.292. The maximum absolute atomic E-state index is 14.0. The van der Waals surface area contributed by atoms with E-state index in [0.717, 1.165) is 23.6 Å². The van der Waals surface area contributed by atoms with E-state index in [1.54, 1.807) is 6.92 Å². The van der Waals surface area contributed by atoms with Gasteiger partial charge < -0.3 is 5.32 Å². The molecule has 2 aromatic heterocycles. The number of hydrogen-bond donors (Lipinski definition) is 2. The zero-order valence-electron chi connectivity index (χ0n) is 17.0. The van der Waals surface area contributed by atoms with Crippen molar-refractivity contribution < 1.29 is 44.3 Å². The summed E-state index contributed by atoms with van der Waals surface area (Å²) in [5.41, 5.74) is -4.49. The molecule has 3 aromatic rings. The fourth-order valence-corrected chi connectivity index (χ4v) is 2.93. The Labute approximate surface area is 184 Å². The monoisotopic (exact) mass is 499 g/mol. The van der Waals surface area contributed by atoms with Gasteiger partial charge in [-0.05, 0) is 17.7 Å². The summed E-state index contributed by atoms with van der Waals surface area (Å²) in [7, 11) is 0. The molecule has 2 heterocycles. The van der Waals surface area contributed by atoms with Crippen molar-refractivity contribution in [1.29, 1.82) is 0 Å². The quantitative estimate of drug-likeness (QED) is 0.464. The van der Waals surface area contributed by atoms with E-state index in [1.807, 2.05) is 0 Å². The number of amides is 1. The maximum Gasteiger partial charge on any atom is 0.459 e. The van der Waals surface area contributed by atoms with E-state index in [9.17, 15) is 44.3 Å². The van der Waals surface area contributed by atoms with Crippen LogP contribution in [0.5, 0.6) is 0 Å². The van der Waals surface area contributed by atoms with Gasteiger partial charge in [0, 0.05) is 30.3 Å². The second-order valence-electron chi connectivity index (χ2n) is 6.98. The van der Waals surface area contributed by atoms with Gasteiger partial charge in [-0.2, -0.15) is 45.3 Å². The fraction of sp³-hybridized carbons (Fsp3) is 0.316. The number of hydrogen-bond acceptors (Lipinski definition) is 3. The van der Waals surface area contributed by atoms with E-state index in [2.05, 4.69) is 15.5 Å². The first-order valence-corrected chi connectivity index (χ1v) is 9.38. The maximum atomic E-state index is 14.0. The van der Waals surface area contributed by atoms with Crippen molar-refractivity contribution in [2.45, 2.75) is 38.2 Å².